The maximum Gasteiger partial charge on any atom is 0.573 e. The number of ether oxygens (including phenoxy) is 3. The molecule has 0 N–H and O–H groups in total. The lowest BCUT2D eigenvalue weighted by Gasteiger charge is -2.37. The molecule has 228 valence electrons. The molecule has 3 aromatic rings. The third-order valence-electron chi connectivity index (χ3n) is 7.61. The highest BCUT2D eigenvalue weighted by Crippen LogP contribution is 2.53. The van der Waals surface area contributed by atoms with Crippen molar-refractivity contribution < 1.29 is 49.8 Å². The lowest BCUT2D eigenvalue weighted by molar-refractivity contribution is -0.274. The molecule has 0 saturated heterocycles. The molecule has 0 bridgehead atoms. The molecule has 0 spiro atoms. The van der Waals surface area contributed by atoms with E-state index in [9.17, 15) is 31.1 Å². The van der Waals surface area contributed by atoms with Gasteiger partial charge in [0.05, 0.1) is 5.56 Å². The van der Waals surface area contributed by atoms with Gasteiger partial charge in [0, 0.05) is 17.0 Å². The number of halogens is 6. The number of alkyl halides is 6. The lowest BCUT2D eigenvalue weighted by Crippen LogP contribution is -2.51. The van der Waals surface area contributed by atoms with Crippen molar-refractivity contribution in [2.24, 2.45) is 5.41 Å². The highest BCUT2D eigenvalue weighted by molar-refractivity contribution is 5.87. The van der Waals surface area contributed by atoms with Crippen molar-refractivity contribution in [2.45, 2.75) is 84.0 Å². The zero-order valence-electron chi connectivity index (χ0n) is 23.5. The zero-order valence-corrected chi connectivity index (χ0v) is 23.5. The van der Waals surface area contributed by atoms with Gasteiger partial charge in [-0.05, 0) is 75.4 Å². The third-order valence-corrected chi connectivity index (χ3v) is 7.61. The van der Waals surface area contributed by atoms with E-state index in [-0.39, 0.29) is 41.1 Å². The minimum Gasteiger partial charge on any atom is -0.489 e. The Bertz CT molecular complexity index is 1440. The summed E-state index contributed by atoms with van der Waals surface area (Å²) < 4.78 is 104. The number of hydrogen-bond acceptors (Lipinski definition) is 5. The summed E-state index contributed by atoms with van der Waals surface area (Å²) in [6, 6.07) is 10.5. The van der Waals surface area contributed by atoms with Crippen molar-refractivity contribution in [3.63, 3.8) is 0 Å². The maximum atomic E-state index is 14.3. The van der Waals surface area contributed by atoms with Crippen LogP contribution >= 0.6 is 0 Å². The fraction of sp³-hybridized carbons (Fsp3) is 0.452. The summed E-state index contributed by atoms with van der Waals surface area (Å²) in [5.41, 5.74) is -1.55. The quantitative estimate of drug-likeness (QED) is 0.101. The van der Waals surface area contributed by atoms with Crippen LogP contribution in [0.4, 0.5) is 26.3 Å². The van der Waals surface area contributed by atoms with E-state index in [4.69, 9.17) is 13.9 Å². The van der Waals surface area contributed by atoms with Gasteiger partial charge in [-0.3, -0.25) is 0 Å². The summed E-state index contributed by atoms with van der Waals surface area (Å²) >= 11 is 0. The Morgan fingerprint density at radius 1 is 1.02 bits per heavy atom. The Balaban J connectivity index is 1.62. The van der Waals surface area contributed by atoms with Gasteiger partial charge in [0.15, 0.2) is 0 Å². The summed E-state index contributed by atoms with van der Waals surface area (Å²) in [6.07, 6.45) is -9.31. The number of hydrogen-bond donors (Lipinski definition) is 0. The van der Waals surface area contributed by atoms with E-state index in [1.165, 1.54) is 37.3 Å². The fourth-order valence-corrected chi connectivity index (χ4v) is 5.16. The molecule has 1 saturated carbocycles. The first-order valence-electron chi connectivity index (χ1n) is 13.6. The number of furan rings is 1. The number of fused-ring (bicyclic) bond motifs is 1. The van der Waals surface area contributed by atoms with Crippen molar-refractivity contribution in [1.29, 1.82) is 0 Å². The smallest absolute Gasteiger partial charge is 0.489 e. The topological polar surface area (TPSA) is 57.9 Å². The highest BCUT2D eigenvalue weighted by atomic mass is 19.4. The van der Waals surface area contributed by atoms with E-state index in [0.717, 1.165) is 26.2 Å². The second-order valence-electron chi connectivity index (χ2n) is 10.8. The predicted molar refractivity (Wildman–Crippen MR) is 144 cm³/mol. The molecule has 5 nitrogen and oxygen atoms in total. The van der Waals surface area contributed by atoms with Crippen LogP contribution in [0.15, 0.2) is 59.0 Å². The molecular formula is C31H32F6O5. The van der Waals surface area contributed by atoms with Gasteiger partial charge in [-0.15, -0.1) is 13.2 Å². The van der Waals surface area contributed by atoms with Crippen LogP contribution < -0.4 is 9.47 Å². The summed E-state index contributed by atoms with van der Waals surface area (Å²) in [7, 11) is 0. The van der Waals surface area contributed by atoms with Crippen LogP contribution in [0.3, 0.4) is 0 Å². The number of rotatable bonds is 10. The number of carbonyl (C=O) groups is 1. The molecule has 1 heterocycles. The normalized spacial score (nSPS) is 21.0. The van der Waals surface area contributed by atoms with Crippen LogP contribution in [-0.4, -0.2) is 30.7 Å². The Morgan fingerprint density at radius 3 is 2.38 bits per heavy atom. The summed E-state index contributed by atoms with van der Waals surface area (Å²) in [5.74, 6) is -1.17. The first kappa shape index (κ1) is 31.3. The van der Waals surface area contributed by atoms with Gasteiger partial charge in [-0.2, -0.15) is 13.2 Å². The SMILES string of the molecule is C=C(C)C(=O)OC1CCC(Oc2ccc3cc(-c4ccc(CCCCC)cc4OC(F)(F)F)oc3c2)C1(C)C(F)(F)F. The van der Waals surface area contributed by atoms with Crippen molar-refractivity contribution in [2.75, 3.05) is 0 Å². The molecule has 1 aliphatic rings. The molecule has 2 aromatic carbocycles. The van der Waals surface area contributed by atoms with E-state index in [2.05, 4.69) is 11.3 Å². The predicted octanol–water partition coefficient (Wildman–Crippen LogP) is 9.33. The van der Waals surface area contributed by atoms with Crippen molar-refractivity contribution in [3.05, 3.63) is 60.2 Å². The molecule has 0 aliphatic heterocycles. The van der Waals surface area contributed by atoms with E-state index in [0.29, 0.717) is 17.4 Å². The van der Waals surface area contributed by atoms with Gasteiger partial charge in [0.2, 0.25) is 0 Å². The highest BCUT2D eigenvalue weighted by Gasteiger charge is 2.66. The second-order valence-corrected chi connectivity index (χ2v) is 10.8. The van der Waals surface area contributed by atoms with E-state index in [1.807, 2.05) is 6.92 Å². The van der Waals surface area contributed by atoms with Crippen LogP contribution in [0, 0.1) is 5.41 Å². The third kappa shape index (κ3) is 6.71. The Morgan fingerprint density at radius 2 is 1.74 bits per heavy atom. The first-order valence-corrected chi connectivity index (χ1v) is 13.6. The summed E-state index contributed by atoms with van der Waals surface area (Å²) in [6.45, 7) is 7.76. The van der Waals surface area contributed by atoms with E-state index in [1.54, 1.807) is 12.1 Å². The van der Waals surface area contributed by atoms with Gasteiger partial charge < -0.3 is 18.6 Å². The van der Waals surface area contributed by atoms with E-state index < -0.39 is 41.9 Å². The van der Waals surface area contributed by atoms with Crippen LogP contribution in [0.1, 0.15) is 58.4 Å². The number of unbranched alkanes of at least 4 members (excludes halogenated alkanes) is 2. The van der Waals surface area contributed by atoms with Gasteiger partial charge in [0.25, 0.3) is 0 Å². The molecule has 0 radical (unpaired) electrons. The molecule has 0 amide bonds. The molecule has 1 aromatic heterocycles. The number of benzene rings is 2. The minimum absolute atomic E-state index is 0.0158. The largest absolute Gasteiger partial charge is 0.573 e. The van der Waals surface area contributed by atoms with Crippen molar-refractivity contribution in [3.8, 4) is 22.8 Å². The van der Waals surface area contributed by atoms with Gasteiger partial charge in [-0.25, -0.2) is 4.79 Å². The lowest BCUT2D eigenvalue weighted by atomic mass is 9.83. The van der Waals surface area contributed by atoms with Gasteiger partial charge in [0.1, 0.15) is 40.5 Å². The minimum atomic E-state index is -4.92. The molecule has 3 unspecified atom stereocenters. The second kappa shape index (κ2) is 11.9. The molecule has 1 aliphatic carbocycles. The molecule has 42 heavy (non-hydrogen) atoms. The van der Waals surface area contributed by atoms with Crippen LogP contribution in [0.2, 0.25) is 0 Å². The molecular weight excluding hydrogens is 566 g/mol. The standard InChI is InChI=1S/C31H32F6O5/c1-5-6-7-8-19-9-12-22(25(15-19)42-31(35,36)37)24-16-20-10-11-21(17-23(20)40-24)39-26-13-14-27(41-28(38)18(2)3)29(26,4)30(32,33)34/h9-12,15-17,26-27H,2,5-8,13-14H2,1,3-4H3. The van der Waals surface area contributed by atoms with Crippen LogP contribution in [0.5, 0.6) is 11.5 Å². The first-order chi connectivity index (χ1) is 19.6. The van der Waals surface area contributed by atoms with Crippen molar-refractivity contribution in [1.82, 2.24) is 0 Å². The van der Waals surface area contributed by atoms with Gasteiger partial charge in [-0.1, -0.05) is 32.4 Å². The summed E-state index contributed by atoms with van der Waals surface area (Å²) in [5, 5.41) is 0.501. The molecule has 11 heteroatoms. The van der Waals surface area contributed by atoms with Gasteiger partial charge >= 0.3 is 18.5 Å². The average Bonchev–Trinajstić information content (AvgIpc) is 3.44. The number of carbonyl (C=O) groups excluding carboxylic acids is 1. The monoisotopic (exact) mass is 598 g/mol. The maximum absolute atomic E-state index is 14.3. The average molecular weight is 599 g/mol. The molecule has 1 fully saturated rings. The fourth-order valence-electron chi connectivity index (χ4n) is 5.16. The zero-order chi connectivity index (χ0) is 30.9. The number of aryl methyl sites for hydroxylation is 1. The van der Waals surface area contributed by atoms with E-state index >= 15 is 0 Å². The molecule has 4 rings (SSSR count). The Hall–Kier alpha value is -3.63. The number of esters is 1. The van der Waals surface area contributed by atoms with Crippen molar-refractivity contribution >= 4 is 16.9 Å². The molecule has 3 atom stereocenters. The van der Waals surface area contributed by atoms with Crippen LogP contribution in [-0.2, 0) is 16.0 Å². The summed E-state index contributed by atoms with van der Waals surface area (Å²) in [4.78, 5) is 12.0. The van der Waals surface area contributed by atoms with Crippen LogP contribution in [0.25, 0.3) is 22.3 Å². The Kier molecular flexibility index (Phi) is 8.89. The Labute approximate surface area is 239 Å².